The molecule has 2 aromatic carbocycles. The summed E-state index contributed by atoms with van der Waals surface area (Å²) in [6.07, 6.45) is 0. The van der Waals surface area contributed by atoms with Crippen molar-refractivity contribution in [3.8, 4) is 0 Å². The Kier molecular flexibility index (Phi) is 7.28. The summed E-state index contributed by atoms with van der Waals surface area (Å²) in [5, 5.41) is 37.0. The first-order valence-electron chi connectivity index (χ1n) is 7.58. The first-order chi connectivity index (χ1) is 12.5. The fraction of sp³-hybridized carbons (Fsp3) is 0.250. The van der Waals surface area contributed by atoms with Crippen molar-refractivity contribution in [3.63, 3.8) is 0 Å². The van der Waals surface area contributed by atoms with Gasteiger partial charge in [-0.3, -0.25) is 10.1 Å². The maximum Gasteiger partial charge on any atom is 0.272 e. The number of nitro benzene ring substituents is 1. The van der Waals surface area contributed by atoms with Gasteiger partial charge in [-0.1, -0.05) is 23.2 Å². The molecule has 10 heteroatoms. The number of halogens is 2. The van der Waals surface area contributed by atoms with Crippen LogP contribution in [0.3, 0.4) is 0 Å². The average Bonchev–Trinajstić information content (AvgIpc) is 2.61. The van der Waals surface area contributed by atoms with Gasteiger partial charge in [0.1, 0.15) is 5.69 Å². The Hall–Kier alpha value is -2.26. The zero-order valence-corrected chi connectivity index (χ0v) is 15.1. The SMILES string of the molecule is O=[N+]([O-])c1cc(Cl)c(/N=N/c2ccc(N(CCO)CCO)cc2)c(Cl)c1. The van der Waals surface area contributed by atoms with E-state index in [1.54, 1.807) is 24.3 Å². The van der Waals surface area contributed by atoms with Crippen molar-refractivity contribution < 1.29 is 15.1 Å². The molecule has 0 aromatic heterocycles. The smallest absolute Gasteiger partial charge is 0.272 e. The molecule has 0 radical (unpaired) electrons. The Bertz CT molecular complexity index is 770. The molecule has 2 N–H and O–H groups in total. The van der Waals surface area contributed by atoms with Gasteiger partial charge in [0.25, 0.3) is 5.69 Å². The summed E-state index contributed by atoms with van der Waals surface area (Å²) in [6.45, 7) is 0.738. The first kappa shape index (κ1) is 20.1. The summed E-state index contributed by atoms with van der Waals surface area (Å²) in [5.41, 5.74) is 1.26. The molecule has 0 unspecified atom stereocenters. The highest BCUT2D eigenvalue weighted by Gasteiger charge is 2.14. The van der Waals surface area contributed by atoms with Crippen molar-refractivity contribution in [1.29, 1.82) is 0 Å². The molecule has 2 aromatic rings. The fourth-order valence-corrected chi connectivity index (χ4v) is 2.75. The van der Waals surface area contributed by atoms with E-state index in [4.69, 9.17) is 33.4 Å². The lowest BCUT2D eigenvalue weighted by Gasteiger charge is -2.22. The summed E-state index contributed by atoms with van der Waals surface area (Å²) in [6, 6.07) is 9.28. The van der Waals surface area contributed by atoms with Gasteiger partial charge in [-0.05, 0) is 24.3 Å². The van der Waals surface area contributed by atoms with Crippen LogP contribution in [-0.2, 0) is 0 Å². The molecule has 0 spiro atoms. The number of hydrogen-bond acceptors (Lipinski definition) is 7. The molecule has 0 aliphatic carbocycles. The molecule has 138 valence electrons. The minimum absolute atomic E-state index is 0.0292. The third-order valence-electron chi connectivity index (χ3n) is 3.43. The lowest BCUT2D eigenvalue weighted by atomic mass is 10.2. The van der Waals surface area contributed by atoms with E-state index in [1.165, 1.54) is 0 Å². The van der Waals surface area contributed by atoms with Crippen LogP contribution < -0.4 is 4.90 Å². The molecule has 0 saturated carbocycles. The van der Waals surface area contributed by atoms with Crippen LogP contribution in [0.15, 0.2) is 46.6 Å². The first-order valence-corrected chi connectivity index (χ1v) is 8.33. The highest BCUT2D eigenvalue weighted by atomic mass is 35.5. The van der Waals surface area contributed by atoms with E-state index in [1.807, 2.05) is 4.90 Å². The van der Waals surface area contributed by atoms with Crippen LogP contribution in [-0.4, -0.2) is 41.4 Å². The summed E-state index contributed by atoms with van der Waals surface area (Å²) < 4.78 is 0. The maximum atomic E-state index is 10.8. The molecule has 0 saturated heterocycles. The second kappa shape index (κ2) is 9.44. The number of anilines is 1. The summed E-state index contributed by atoms with van der Waals surface area (Å²) in [7, 11) is 0. The molecule has 26 heavy (non-hydrogen) atoms. The minimum Gasteiger partial charge on any atom is -0.395 e. The quantitative estimate of drug-likeness (QED) is 0.394. The Morgan fingerprint density at radius 1 is 1.00 bits per heavy atom. The second-order valence-corrected chi connectivity index (χ2v) is 5.98. The predicted octanol–water partition coefficient (Wildman–Crippen LogP) is 4.11. The molecule has 0 aliphatic rings. The molecular formula is C16H16Cl2N4O4. The van der Waals surface area contributed by atoms with Crippen LogP contribution in [0.25, 0.3) is 0 Å². The number of rotatable bonds is 8. The van der Waals surface area contributed by atoms with Gasteiger partial charge >= 0.3 is 0 Å². The largest absolute Gasteiger partial charge is 0.395 e. The van der Waals surface area contributed by atoms with Crippen molar-refractivity contribution in [1.82, 2.24) is 0 Å². The van der Waals surface area contributed by atoms with Gasteiger partial charge in [0.15, 0.2) is 0 Å². The fourth-order valence-electron chi connectivity index (χ4n) is 2.20. The zero-order valence-electron chi connectivity index (χ0n) is 13.5. The Morgan fingerprint density at radius 3 is 2.00 bits per heavy atom. The van der Waals surface area contributed by atoms with Crippen molar-refractivity contribution in [3.05, 3.63) is 56.6 Å². The number of aliphatic hydroxyl groups is 2. The number of nitro groups is 1. The van der Waals surface area contributed by atoms with Gasteiger partial charge in [0, 0.05) is 30.9 Å². The van der Waals surface area contributed by atoms with E-state index >= 15 is 0 Å². The molecule has 2 rings (SSSR count). The molecular weight excluding hydrogens is 383 g/mol. The van der Waals surface area contributed by atoms with E-state index in [-0.39, 0.29) is 34.6 Å². The Balaban J connectivity index is 2.20. The van der Waals surface area contributed by atoms with Gasteiger partial charge in [0.2, 0.25) is 0 Å². The van der Waals surface area contributed by atoms with Gasteiger partial charge in [-0.2, -0.15) is 5.11 Å². The standard InChI is InChI=1S/C16H16Cl2N4O4/c17-14-9-13(22(25)26)10-15(18)16(14)20-19-11-1-3-12(4-2-11)21(5-7-23)6-8-24/h1-4,9-10,23-24H,5-8H2/b20-19+. The van der Waals surface area contributed by atoms with Crippen molar-refractivity contribution in [2.75, 3.05) is 31.2 Å². The van der Waals surface area contributed by atoms with E-state index in [0.29, 0.717) is 18.8 Å². The van der Waals surface area contributed by atoms with Crippen molar-refractivity contribution >= 4 is 46.0 Å². The predicted molar refractivity (Wildman–Crippen MR) is 100 cm³/mol. The molecule has 8 nitrogen and oxygen atoms in total. The van der Waals surface area contributed by atoms with Crippen LogP contribution in [0.4, 0.5) is 22.7 Å². The average molecular weight is 399 g/mol. The van der Waals surface area contributed by atoms with Crippen molar-refractivity contribution in [2.24, 2.45) is 10.2 Å². The van der Waals surface area contributed by atoms with E-state index in [2.05, 4.69) is 10.2 Å². The van der Waals surface area contributed by atoms with Crippen LogP contribution in [0.2, 0.25) is 10.0 Å². The molecule has 0 heterocycles. The number of nitrogens with zero attached hydrogens (tertiary/aromatic N) is 4. The van der Waals surface area contributed by atoms with Crippen LogP contribution in [0.1, 0.15) is 0 Å². The second-order valence-electron chi connectivity index (χ2n) is 5.17. The number of aliphatic hydroxyl groups excluding tert-OH is 2. The highest BCUT2D eigenvalue weighted by molar-refractivity contribution is 6.39. The molecule has 0 aliphatic heterocycles. The zero-order chi connectivity index (χ0) is 19.1. The normalized spacial score (nSPS) is 11.1. The van der Waals surface area contributed by atoms with Gasteiger partial charge in [0.05, 0.1) is 33.9 Å². The molecule has 0 atom stereocenters. The number of hydrogen-bond donors (Lipinski definition) is 2. The van der Waals surface area contributed by atoms with Crippen LogP contribution in [0, 0.1) is 10.1 Å². The monoisotopic (exact) mass is 398 g/mol. The number of non-ortho nitro benzene ring substituents is 1. The van der Waals surface area contributed by atoms with Crippen LogP contribution in [0.5, 0.6) is 0 Å². The Morgan fingerprint density at radius 2 is 1.54 bits per heavy atom. The lowest BCUT2D eigenvalue weighted by Crippen LogP contribution is -2.29. The highest BCUT2D eigenvalue weighted by Crippen LogP contribution is 2.37. The van der Waals surface area contributed by atoms with Crippen LogP contribution >= 0.6 is 23.2 Å². The summed E-state index contributed by atoms with van der Waals surface area (Å²) in [5.74, 6) is 0. The summed E-state index contributed by atoms with van der Waals surface area (Å²) >= 11 is 12.0. The Labute approximate surface area is 159 Å². The lowest BCUT2D eigenvalue weighted by molar-refractivity contribution is -0.384. The molecule has 0 fully saturated rings. The third-order valence-corrected chi connectivity index (χ3v) is 4.01. The number of benzene rings is 2. The van der Waals surface area contributed by atoms with Gasteiger partial charge < -0.3 is 15.1 Å². The van der Waals surface area contributed by atoms with Crippen molar-refractivity contribution in [2.45, 2.75) is 0 Å². The van der Waals surface area contributed by atoms with E-state index in [9.17, 15) is 10.1 Å². The minimum atomic E-state index is -0.595. The maximum absolute atomic E-state index is 10.8. The molecule has 0 amide bonds. The van der Waals surface area contributed by atoms with E-state index in [0.717, 1.165) is 17.8 Å². The van der Waals surface area contributed by atoms with Gasteiger partial charge in [-0.25, -0.2) is 0 Å². The number of azo groups is 1. The molecule has 0 bridgehead atoms. The summed E-state index contributed by atoms with van der Waals surface area (Å²) in [4.78, 5) is 12.0. The third kappa shape index (κ3) is 5.12. The topological polar surface area (TPSA) is 112 Å². The van der Waals surface area contributed by atoms with Gasteiger partial charge in [-0.15, -0.1) is 5.11 Å². The van der Waals surface area contributed by atoms with E-state index < -0.39 is 4.92 Å².